The number of ether oxygens (including phenoxy) is 1. The minimum atomic E-state index is -0.776. The van der Waals surface area contributed by atoms with E-state index < -0.39 is 16.7 Å². The molecule has 0 spiro atoms. The molecule has 0 saturated heterocycles. The molecule has 0 radical (unpaired) electrons. The van der Waals surface area contributed by atoms with E-state index in [1.165, 1.54) is 18.2 Å². The molecular weight excluding hydrogens is 319 g/mol. The first-order valence-corrected chi connectivity index (χ1v) is 7.02. The van der Waals surface area contributed by atoms with Gasteiger partial charge in [-0.3, -0.25) is 10.1 Å². The van der Waals surface area contributed by atoms with Crippen LogP contribution >= 0.6 is 0 Å². The molecule has 0 N–H and O–H groups in total. The summed E-state index contributed by atoms with van der Waals surface area (Å²) in [5.74, 6) is -1.41. The topological polar surface area (TPSA) is 95.5 Å². The predicted octanol–water partition coefficient (Wildman–Crippen LogP) is 3.72. The molecule has 8 heteroatoms. The lowest BCUT2D eigenvalue weighted by molar-refractivity contribution is -0.384. The Labute approximate surface area is 134 Å². The fourth-order valence-corrected chi connectivity index (χ4v) is 2.23. The Bertz CT molecular complexity index is 951. The zero-order valence-corrected chi connectivity index (χ0v) is 12.5. The minimum Gasteiger partial charge on any atom is -0.462 e. The Morgan fingerprint density at radius 1 is 1.38 bits per heavy atom. The summed E-state index contributed by atoms with van der Waals surface area (Å²) < 4.78 is 24.3. The summed E-state index contributed by atoms with van der Waals surface area (Å²) in [7, 11) is 0. The third kappa shape index (κ3) is 2.69. The van der Waals surface area contributed by atoms with Crippen LogP contribution in [0.2, 0.25) is 0 Å². The molecule has 0 unspecified atom stereocenters. The number of halogens is 1. The van der Waals surface area contributed by atoms with Crippen molar-refractivity contribution in [1.29, 1.82) is 0 Å². The Morgan fingerprint density at radius 3 is 2.79 bits per heavy atom. The number of fused-ring (bicyclic) bond motifs is 1. The molecule has 0 fully saturated rings. The number of hydrogen-bond acceptors (Lipinski definition) is 6. The summed E-state index contributed by atoms with van der Waals surface area (Å²) in [5, 5.41) is 11.0. The quantitative estimate of drug-likeness (QED) is 0.411. The number of esters is 1. The van der Waals surface area contributed by atoms with E-state index in [1.807, 2.05) is 0 Å². The summed E-state index contributed by atoms with van der Waals surface area (Å²) in [6.07, 6.45) is 0. The molecule has 3 aromatic rings. The fraction of sp³-hybridized carbons (Fsp3) is 0.125. The summed E-state index contributed by atoms with van der Waals surface area (Å²) in [6.45, 7) is 1.70. The van der Waals surface area contributed by atoms with Gasteiger partial charge in [-0.05, 0) is 19.1 Å². The van der Waals surface area contributed by atoms with Gasteiger partial charge in [-0.2, -0.15) is 0 Å². The number of aromatic nitrogens is 1. The van der Waals surface area contributed by atoms with Gasteiger partial charge in [-0.25, -0.2) is 14.2 Å². The number of nitro groups is 1. The molecule has 0 aliphatic rings. The number of hydrogen-bond donors (Lipinski definition) is 0. The molecule has 122 valence electrons. The van der Waals surface area contributed by atoms with Crippen molar-refractivity contribution >= 4 is 22.8 Å². The van der Waals surface area contributed by atoms with Crippen LogP contribution < -0.4 is 0 Å². The maximum absolute atomic E-state index is 13.9. The van der Waals surface area contributed by atoms with Crippen LogP contribution in [0.4, 0.5) is 10.1 Å². The van der Waals surface area contributed by atoms with Gasteiger partial charge in [0.2, 0.25) is 5.89 Å². The van der Waals surface area contributed by atoms with E-state index >= 15 is 0 Å². The van der Waals surface area contributed by atoms with E-state index in [0.29, 0.717) is 0 Å². The molecule has 3 rings (SSSR count). The maximum Gasteiger partial charge on any atom is 0.342 e. The third-order valence-electron chi connectivity index (χ3n) is 3.29. The Balaban J connectivity index is 2.24. The van der Waals surface area contributed by atoms with Gasteiger partial charge in [-0.15, -0.1) is 0 Å². The third-order valence-corrected chi connectivity index (χ3v) is 3.29. The summed E-state index contributed by atoms with van der Waals surface area (Å²) in [6, 6.07) is 8.01. The first-order chi connectivity index (χ1) is 11.5. The van der Waals surface area contributed by atoms with E-state index in [0.717, 1.165) is 12.1 Å². The van der Waals surface area contributed by atoms with Crippen molar-refractivity contribution in [3.05, 3.63) is 57.9 Å². The van der Waals surface area contributed by atoms with Gasteiger partial charge in [0, 0.05) is 12.1 Å². The zero-order chi connectivity index (χ0) is 17.3. The molecule has 0 aliphatic carbocycles. The van der Waals surface area contributed by atoms with E-state index in [9.17, 15) is 19.3 Å². The molecule has 0 atom stereocenters. The molecule has 0 bridgehead atoms. The average Bonchev–Trinajstić information content (AvgIpc) is 2.98. The second kappa shape index (κ2) is 6.07. The number of oxazole rings is 1. The lowest BCUT2D eigenvalue weighted by Gasteiger charge is -2.02. The highest BCUT2D eigenvalue weighted by Crippen LogP contribution is 2.31. The molecule has 7 nitrogen and oxygen atoms in total. The second-order valence-electron chi connectivity index (χ2n) is 4.82. The fourth-order valence-electron chi connectivity index (χ4n) is 2.23. The lowest BCUT2D eigenvalue weighted by Crippen LogP contribution is -2.05. The number of nitrogens with zero attached hydrogens (tertiary/aromatic N) is 2. The predicted molar refractivity (Wildman–Crippen MR) is 82.0 cm³/mol. The van der Waals surface area contributed by atoms with E-state index in [1.54, 1.807) is 13.0 Å². The summed E-state index contributed by atoms with van der Waals surface area (Å²) in [5.41, 5.74) is -0.288. The van der Waals surface area contributed by atoms with Crippen molar-refractivity contribution in [3.8, 4) is 11.5 Å². The Morgan fingerprint density at radius 2 is 2.12 bits per heavy atom. The number of benzene rings is 2. The molecule has 0 aliphatic heterocycles. The summed E-state index contributed by atoms with van der Waals surface area (Å²) in [4.78, 5) is 26.5. The van der Waals surface area contributed by atoms with Crippen molar-refractivity contribution in [3.63, 3.8) is 0 Å². The second-order valence-corrected chi connectivity index (χ2v) is 4.82. The highest BCUT2D eigenvalue weighted by molar-refractivity contribution is 6.02. The summed E-state index contributed by atoms with van der Waals surface area (Å²) >= 11 is 0. The van der Waals surface area contributed by atoms with Crippen molar-refractivity contribution in [2.75, 3.05) is 6.61 Å². The van der Waals surface area contributed by atoms with Crippen LogP contribution in [0, 0.1) is 15.9 Å². The first kappa shape index (κ1) is 15.6. The van der Waals surface area contributed by atoms with Gasteiger partial charge in [-0.1, -0.05) is 12.1 Å². The van der Waals surface area contributed by atoms with Crippen molar-refractivity contribution in [2.24, 2.45) is 0 Å². The van der Waals surface area contributed by atoms with Crippen LogP contribution in [-0.4, -0.2) is 22.5 Å². The number of non-ortho nitro benzene ring substituents is 1. The van der Waals surface area contributed by atoms with Crippen LogP contribution in [-0.2, 0) is 4.74 Å². The molecular formula is C16H11FN2O5. The maximum atomic E-state index is 13.9. The van der Waals surface area contributed by atoms with E-state index in [-0.39, 0.29) is 40.4 Å². The SMILES string of the molecule is CCOC(=O)c1cc([N+](=O)[O-])cc2nc(-c3ccccc3F)oc12. The molecule has 1 aromatic heterocycles. The minimum absolute atomic E-state index is 0.0114. The van der Waals surface area contributed by atoms with Gasteiger partial charge in [0.1, 0.15) is 16.9 Å². The van der Waals surface area contributed by atoms with Crippen LogP contribution in [0.5, 0.6) is 0 Å². The molecule has 1 heterocycles. The molecule has 2 aromatic carbocycles. The van der Waals surface area contributed by atoms with Crippen molar-refractivity contribution in [1.82, 2.24) is 4.98 Å². The van der Waals surface area contributed by atoms with Crippen LogP contribution in [0.25, 0.3) is 22.6 Å². The molecule has 0 amide bonds. The smallest absolute Gasteiger partial charge is 0.342 e. The highest BCUT2D eigenvalue weighted by Gasteiger charge is 2.23. The monoisotopic (exact) mass is 330 g/mol. The van der Waals surface area contributed by atoms with Gasteiger partial charge < -0.3 is 9.15 Å². The first-order valence-electron chi connectivity index (χ1n) is 7.02. The Hall–Kier alpha value is -3.29. The van der Waals surface area contributed by atoms with Gasteiger partial charge in [0.25, 0.3) is 5.69 Å². The molecule has 0 saturated carbocycles. The van der Waals surface area contributed by atoms with Crippen LogP contribution in [0.15, 0.2) is 40.8 Å². The van der Waals surface area contributed by atoms with E-state index in [2.05, 4.69) is 4.98 Å². The van der Waals surface area contributed by atoms with Crippen LogP contribution in [0.1, 0.15) is 17.3 Å². The Kier molecular flexibility index (Phi) is 3.95. The van der Waals surface area contributed by atoms with Crippen LogP contribution in [0.3, 0.4) is 0 Å². The van der Waals surface area contributed by atoms with Gasteiger partial charge >= 0.3 is 5.97 Å². The van der Waals surface area contributed by atoms with Gasteiger partial charge in [0.05, 0.1) is 17.1 Å². The normalized spacial score (nSPS) is 10.8. The van der Waals surface area contributed by atoms with Crippen molar-refractivity contribution < 1.29 is 23.3 Å². The number of rotatable bonds is 4. The number of carbonyl (C=O) groups excluding carboxylic acids is 1. The number of nitro benzene ring substituents is 1. The number of carbonyl (C=O) groups is 1. The largest absolute Gasteiger partial charge is 0.462 e. The standard InChI is InChI=1S/C16H11FN2O5/c1-2-23-16(20)11-7-9(19(21)22)8-13-14(11)24-15(18-13)10-5-3-4-6-12(10)17/h3-8H,2H2,1H3. The van der Waals surface area contributed by atoms with Crippen molar-refractivity contribution in [2.45, 2.75) is 6.92 Å². The zero-order valence-electron chi connectivity index (χ0n) is 12.5. The highest BCUT2D eigenvalue weighted by atomic mass is 19.1. The van der Waals surface area contributed by atoms with E-state index in [4.69, 9.17) is 9.15 Å². The molecule has 24 heavy (non-hydrogen) atoms. The lowest BCUT2D eigenvalue weighted by atomic mass is 10.1. The van der Waals surface area contributed by atoms with Gasteiger partial charge in [0.15, 0.2) is 5.58 Å². The average molecular weight is 330 g/mol.